The minimum atomic E-state index is -0.588. The molecule has 0 saturated carbocycles. The maximum Gasteiger partial charge on any atom is 0.407 e. The summed E-state index contributed by atoms with van der Waals surface area (Å²) in [6.45, 7) is 3.77. The van der Waals surface area contributed by atoms with Gasteiger partial charge in [-0.15, -0.1) is 0 Å². The van der Waals surface area contributed by atoms with Gasteiger partial charge in [0, 0.05) is 17.4 Å². The first kappa shape index (κ1) is 25.0. The lowest BCUT2D eigenvalue weighted by molar-refractivity contribution is 0.0942. The zero-order valence-electron chi connectivity index (χ0n) is 18.8. The summed E-state index contributed by atoms with van der Waals surface area (Å²) in [6, 6.07) is 15.1. The Balaban J connectivity index is 2.04. The van der Waals surface area contributed by atoms with Gasteiger partial charge in [-0.1, -0.05) is 26.0 Å². The smallest absolute Gasteiger partial charge is 0.407 e. The van der Waals surface area contributed by atoms with E-state index < -0.39 is 18.2 Å². The van der Waals surface area contributed by atoms with E-state index in [9.17, 15) is 9.59 Å². The van der Waals surface area contributed by atoms with E-state index in [0.717, 1.165) is 5.56 Å². The van der Waals surface area contributed by atoms with Crippen LogP contribution >= 0.6 is 0 Å². The van der Waals surface area contributed by atoms with E-state index in [1.165, 1.54) is 7.11 Å². The van der Waals surface area contributed by atoms with Gasteiger partial charge in [0.2, 0.25) is 0 Å². The first-order chi connectivity index (χ1) is 15.9. The van der Waals surface area contributed by atoms with Gasteiger partial charge in [-0.25, -0.2) is 9.59 Å². The second kappa shape index (κ2) is 12.6. The van der Waals surface area contributed by atoms with Gasteiger partial charge in [-0.2, -0.15) is 10.5 Å². The molecule has 3 N–H and O–H groups in total. The standard InChI is InChI=1S/C24H27N5O4/c1-4-20(11-12-25)33-24(31)29-21(5-2)16-7-6-8-18(13-16)27-23(30)28-19-10-9-17(15-26)22(14-19)32-3/h6-10,13-14,20-21H,4-5,11H2,1-3H3,(H,29,31)(H2,27,28,30). The average Bonchev–Trinajstić information content (AvgIpc) is 2.82. The topological polar surface area (TPSA) is 136 Å². The van der Waals surface area contributed by atoms with Crippen molar-refractivity contribution in [2.24, 2.45) is 0 Å². The maximum atomic E-state index is 12.4. The largest absolute Gasteiger partial charge is 0.495 e. The molecule has 2 aromatic carbocycles. The first-order valence-corrected chi connectivity index (χ1v) is 10.5. The molecule has 2 atom stereocenters. The normalized spacial score (nSPS) is 11.8. The molecule has 9 heteroatoms. The number of rotatable bonds is 9. The molecule has 0 aromatic heterocycles. The number of nitrogens with zero attached hydrogens (tertiary/aromatic N) is 2. The summed E-state index contributed by atoms with van der Waals surface area (Å²) in [5, 5.41) is 26.1. The van der Waals surface area contributed by atoms with Crippen molar-refractivity contribution in [1.29, 1.82) is 10.5 Å². The predicted octanol–water partition coefficient (Wildman–Crippen LogP) is 5.08. The van der Waals surface area contributed by atoms with E-state index >= 15 is 0 Å². The van der Waals surface area contributed by atoms with Gasteiger partial charge in [0.15, 0.2) is 0 Å². The summed E-state index contributed by atoms with van der Waals surface area (Å²) >= 11 is 0. The van der Waals surface area contributed by atoms with Crippen LogP contribution in [0.3, 0.4) is 0 Å². The number of amides is 3. The molecule has 0 radical (unpaired) electrons. The van der Waals surface area contributed by atoms with Crippen LogP contribution in [0.5, 0.6) is 5.75 Å². The Morgan fingerprint density at radius 1 is 1.03 bits per heavy atom. The second-order valence-corrected chi connectivity index (χ2v) is 7.13. The van der Waals surface area contributed by atoms with Crippen LogP contribution in [0.1, 0.15) is 50.3 Å². The van der Waals surface area contributed by atoms with Gasteiger partial charge in [0.25, 0.3) is 0 Å². The van der Waals surface area contributed by atoms with Crippen LogP contribution in [-0.2, 0) is 4.74 Å². The van der Waals surface area contributed by atoms with Crippen LogP contribution in [0.4, 0.5) is 21.0 Å². The monoisotopic (exact) mass is 449 g/mol. The van der Waals surface area contributed by atoms with Crippen molar-refractivity contribution in [1.82, 2.24) is 5.32 Å². The van der Waals surface area contributed by atoms with E-state index in [-0.39, 0.29) is 12.5 Å². The molecule has 3 amide bonds. The summed E-state index contributed by atoms with van der Waals surface area (Å²) in [5.74, 6) is 0.362. The molecule has 0 bridgehead atoms. The van der Waals surface area contributed by atoms with Crippen molar-refractivity contribution in [2.75, 3.05) is 17.7 Å². The van der Waals surface area contributed by atoms with E-state index in [0.29, 0.717) is 35.5 Å². The number of nitriles is 2. The Kier molecular flexibility index (Phi) is 9.54. The number of methoxy groups -OCH3 is 1. The first-order valence-electron chi connectivity index (χ1n) is 10.5. The van der Waals surface area contributed by atoms with Gasteiger partial charge in [-0.05, 0) is 42.7 Å². The summed E-state index contributed by atoms with van der Waals surface area (Å²) in [4.78, 5) is 24.7. The van der Waals surface area contributed by atoms with Gasteiger partial charge >= 0.3 is 12.1 Å². The zero-order chi connectivity index (χ0) is 24.2. The molecule has 0 heterocycles. The number of carbonyl (C=O) groups is 2. The molecule has 0 spiro atoms. The highest BCUT2D eigenvalue weighted by atomic mass is 16.6. The van der Waals surface area contributed by atoms with E-state index in [1.54, 1.807) is 36.4 Å². The molecule has 2 aromatic rings. The van der Waals surface area contributed by atoms with Crippen molar-refractivity contribution in [3.63, 3.8) is 0 Å². The van der Waals surface area contributed by atoms with Gasteiger partial charge < -0.3 is 25.4 Å². The van der Waals surface area contributed by atoms with E-state index in [2.05, 4.69) is 16.0 Å². The van der Waals surface area contributed by atoms with Crippen molar-refractivity contribution < 1.29 is 19.1 Å². The lowest BCUT2D eigenvalue weighted by Gasteiger charge is -2.20. The number of hydrogen-bond acceptors (Lipinski definition) is 6. The molecule has 33 heavy (non-hydrogen) atoms. The third-order valence-electron chi connectivity index (χ3n) is 4.88. The third kappa shape index (κ3) is 7.44. The molecule has 0 fully saturated rings. The Hall–Kier alpha value is -4.24. The fourth-order valence-corrected chi connectivity index (χ4v) is 3.11. The highest BCUT2D eigenvalue weighted by Gasteiger charge is 2.18. The minimum Gasteiger partial charge on any atom is -0.495 e. The van der Waals surface area contributed by atoms with Crippen LogP contribution in [0.25, 0.3) is 0 Å². The fourth-order valence-electron chi connectivity index (χ4n) is 3.11. The number of carbonyl (C=O) groups excluding carboxylic acids is 2. The van der Waals surface area contributed by atoms with E-state index in [1.807, 2.05) is 32.1 Å². The molecular formula is C24H27N5O4. The Labute approximate surface area is 193 Å². The molecule has 0 saturated heterocycles. The lowest BCUT2D eigenvalue weighted by atomic mass is 10.0. The molecule has 0 aliphatic carbocycles. The Morgan fingerprint density at radius 2 is 1.76 bits per heavy atom. The van der Waals surface area contributed by atoms with Gasteiger partial charge in [0.05, 0.1) is 31.2 Å². The highest BCUT2D eigenvalue weighted by Crippen LogP contribution is 2.24. The second-order valence-electron chi connectivity index (χ2n) is 7.13. The number of nitrogens with one attached hydrogen (secondary N) is 3. The Morgan fingerprint density at radius 3 is 2.36 bits per heavy atom. The molecule has 9 nitrogen and oxygen atoms in total. The molecule has 2 unspecified atom stereocenters. The van der Waals surface area contributed by atoms with Crippen LogP contribution in [0.2, 0.25) is 0 Å². The molecule has 0 aliphatic heterocycles. The number of benzene rings is 2. The lowest BCUT2D eigenvalue weighted by Crippen LogP contribution is -2.32. The van der Waals surface area contributed by atoms with Crippen LogP contribution in [0, 0.1) is 22.7 Å². The Bertz CT molecular complexity index is 1060. The van der Waals surface area contributed by atoms with Crippen LogP contribution in [0.15, 0.2) is 42.5 Å². The van der Waals surface area contributed by atoms with Crippen LogP contribution < -0.4 is 20.7 Å². The predicted molar refractivity (Wildman–Crippen MR) is 124 cm³/mol. The summed E-state index contributed by atoms with van der Waals surface area (Å²) in [7, 11) is 1.45. The SMILES string of the molecule is CCC(CC#N)OC(=O)NC(CC)c1cccc(NC(=O)Nc2ccc(C#N)c(OC)c2)c1. The number of ether oxygens (including phenoxy) is 2. The quantitative estimate of drug-likeness (QED) is 0.488. The van der Waals surface area contributed by atoms with Crippen molar-refractivity contribution in [2.45, 2.75) is 45.3 Å². The maximum absolute atomic E-state index is 12.4. The number of urea groups is 1. The summed E-state index contributed by atoms with van der Waals surface area (Å²) in [5.41, 5.74) is 2.17. The minimum absolute atomic E-state index is 0.139. The number of alkyl carbamates (subject to hydrolysis) is 1. The van der Waals surface area contributed by atoms with Crippen molar-refractivity contribution in [3.05, 3.63) is 53.6 Å². The molecular weight excluding hydrogens is 422 g/mol. The number of hydrogen-bond donors (Lipinski definition) is 3. The van der Waals surface area contributed by atoms with E-state index in [4.69, 9.17) is 20.0 Å². The molecule has 2 rings (SSSR count). The zero-order valence-corrected chi connectivity index (χ0v) is 18.8. The summed E-state index contributed by atoms with van der Waals surface area (Å²) in [6.07, 6.45) is 0.252. The fraction of sp³-hybridized carbons (Fsp3) is 0.333. The highest BCUT2D eigenvalue weighted by molar-refractivity contribution is 6.00. The van der Waals surface area contributed by atoms with Crippen LogP contribution in [-0.4, -0.2) is 25.3 Å². The van der Waals surface area contributed by atoms with Crippen molar-refractivity contribution >= 4 is 23.5 Å². The molecule has 0 aliphatic rings. The average molecular weight is 450 g/mol. The third-order valence-corrected chi connectivity index (χ3v) is 4.88. The van der Waals surface area contributed by atoms with Gasteiger partial charge in [0.1, 0.15) is 17.9 Å². The number of anilines is 2. The van der Waals surface area contributed by atoms with Crippen molar-refractivity contribution in [3.8, 4) is 17.9 Å². The summed E-state index contributed by atoms with van der Waals surface area (Å²) < 4.78 is 10.5. The molecule has 172 valence electrons. The van der Waals surface area contributed by atoms with Gasteiger partial charge in [-0.3, -0.25) is 0 Å².